The Labute approximate surface area is 123 Å². The Morgan fingerprint density at radius 3 is 2.80 bits per heavy atom. The highest BCUT2D eigenvalue weighted by molar-refractivity contribution is 5.15. The molecule has 0 radical (unpaired) electrons. The molecule has 0 saturated carbocycles. The second-order valence-corrected chi connectivity index (χ2v) is 5.99. The summed E-state index contributed by atoms with van der Waals surface area (Å²) in [6.45, 7) is 8.63. The first kappa shape index (κ1) is 15.6. The van der Waals surface area contributed by atoms with E-state index in [4.69, 9.17) is 4.74 Å². The molecule has 1 aliphatic heterocycles. The van der Waals surface area contributed by atoms with Crippen LogP contribution in [0.3, 0.4) is 0 Å². The molecule has 0 aliphatic carbocycles. The molecule has 3 nitrogen and oxygen atoms in total. The van der Waals surface area contributed by atoms with E-state index >= 15 is 0 Å². The smallest absolute Gasteiger partial charge is 0.0469 e. The topological polar surface area (TPSA) is 26.2 Å². The lowest BCUT2D eigenvalue weighted by atomic mass is 10.0. The number of hydrogen-bond donors (Lipinski definition) is 1. The number of hydrogen-bond acceptors (Lipinski definition) is 2. The van der Waals surface area contributed by atoms with Crippen LogP contribution in [0.5, 0.6) is 0 Å². The molecule has 1 fully saturated rings. The van der Waals surface area contributed by atoms with E-state index in [9.17, 15) is 0 Å². The monoisotopic (exact) mass is 278 g/mol. The van der Waals surface area contributed by atoms with Gasteiger partial charge in [0.25, 0.3) is 0 Å². The van der Waals surface area contributed by atoms with E-state index in [1.165, 1.54) is 37.7 Å². The molecule has 1 atom stereocenters. The summed E-state index contributed by atoms with van der Waals surface area (Å²) in [4.78, 5) is 0. The average Bonchev–Trinajstić information content (AvgIpc) is 2.93. The zero-order chi connectivity index (χ0) is 14.2. The number of aromatic nitrogens is 1. The summed E-state index contributed by atoms with van der Waals surface area (Å²) < 4.78 is 7.81. The highest BCUT2D eigenvalue weighted by atomic mass is 16.5. The van der Waals surface area contributed by atoms with Crippen molar-refractivity contribution in [2.24, 2.45) is 5.92 Å². The summed E-state index contributed by atoms with van der Waals surface area (Å²) in [6.07, 6.45) is 10.7. The van der Waals surface area contributed by atoms with Gasteiger partial charge in [-0.1, -0.05) is 20.3 Å². The van der Waals surface area contributed by atoms with E-state index in [1.54, 1.807) is 0 Å². The molecule has 20 heavy (non-hydrogen) atoms. The lowest BCUT2D eigenvalue weighted by Gasteiger charge is -2.22. The van der Waals surface area contributed by atoms with Gasteiger partial charge in [-0.15, -0.1) is 0 Å². The van der Waals surface area contributed by atoms with Gasteiger partial charge in [0.05, 0.1) is 0 Å². The molecule has 0 aromatic carbocycles. The highest BCUT2D eigenvalue weighted by Crippen LogP contribution is 2.21. The fourth-order valence-electron chi connectivity index (χ4n) is 3.00. The quantitative estimate of drug-likeness (QED) is 0.783. The minimum absolute atomic E-state index is 0.524. The summed E-state index contributed by atoms with van der Waals surface area (Å²) in [7, 11) is 0. The number of nitrogens with one attached hydrogen (secondary N) is 1. The summed E-state index contributed by atoms with van der Waals surface area (Å²) in [5.74, 6) is 0.789. The van der Waals surface area contributed by atoms with Gasteiger partial charge in [0.15, 0.2) is 0 Å². The molecule has 2 heterocycles. The predicted molar refractivity (Wildman–Crippen MR) is 83.9 cm³/mol. The zero-order valence-corrected chi connectivity index (χ0v) is 13.1. The summed E-state index contributed by atoms with van der Waals surface area (Å²) >= 11 is 0. The van der Waals surface area contributed by atoms with Crippen LogP contribution in [0.2, 0.25) is 0 Å². The Bertz CT molecular complexity index is 369. The molecule has 0 bridgehead atoms. The van der Waals surface area contributed by atoms with Gasteiger partial charge in [0.1, 0.15) is 0 Å². The Balaban J connectivity index is 1.91. The molecule has 1 aliphatic rings. The van der Waals surface area contributed by atoms with E-state index < -0.39 is 0 Å². The normalized spacial score (nSPS) is 18.3. The van der Waals surface area contributed by atoms with Crippen LogP contribution < -0.4 is 5.32 Å². The van der Waals surface area contributed by atoms with E-state index in [-0.39, 0.29) is 0 Å². The molecule has 1 N–H and O–H groups in total. The van der Waals surface area contributed by atoms with E-state index in [1.807, 2.05) is 0 Å². The average molecular weight is 278 g/mol. The summed E-state index contributed by atoms with van der Waals surface area (Å²) in [6, 6.07) is 2.82. The predicted octanol–water partition coefficient (Wildman–Crippen LogP) is 3.76. The van der Waals surface area contributed by atoms with Gasteiger partial charge < -0.3 is 14.6 Å². The van der Waals surface area contributed by atoms with Gasteiger partial charge in [0, 0.05) is 38.2 Å². The maximum absolute atomic E-state index is 5.44. The van der Waals surface area contributed by atoms with Crippen molar-refractivity contribution in [3.05, 3.63) is 24.0 Å². The molecule has 0 spiro atoms. The third-order valence-electron chi connectivity index (χ3n) is 4.20. The number of ether oxygens (including phenoxy) is 1. The maximum Gasteiger partial charge on any atom is 0.0469 e. The van der Waals surface area contributed by atoms with Crippen molar-refractivity contribution in [3.8, 4) is 0 Å². The third-order valence-corrected chi connectivity index (χ3v) is 4.20. The first-order chi connectivity index (χ1) is 9.83. The van der Waals surface area contributed by atoms with Crippen molar-refractivity contribution in [3.63, 3.8) is 0 Å². The molecule has 1 unspecified atom stereocenters. The molecular weight excluding hydrogens is 248 g/mol. The van der Waals surface area contributed by atoms with Crippen molar-refractivity contribution in [2.75, 3.05) is 19.8 Å². The van der Waals surface area contributed by atoms with Crippen molar-refractivity contribution in [1.82, 2.24) is 9.88 Å². The van der Waals surface area contributed by atoms with Crippen LogP contribution in [0.15, 0.2) is 18.5 Å². The van der Waals surface area contributed by atoms with Crippen LogP contribution in [0.25, 0.3) is 0 Å². The van der Waals surface area contributed by atoms with Crippen LogP contribution >= 0.6 is 0 Å². The van der Waals surface area contributed by atoms with E-state index in [0.717, 1.165) is 32.2 Å². The molecule has 1 aromatic rings. The molecule has 2 rings (SSSR count). The molecule has 1 saturated heterocycles. The van der Waals surface area contributed by atoms with Gasteiger partial charge in [0.2, 0.25) is 0 Å². The SMILES string of the molecule is CCCNC(CCC)c1ccn(CC2CCOCC2)c1. The number of nitrogens with zero attached hydrogens (tertiary/aromatic N) is 1. The maximum atomic E-state index is 5.44. The molecule has 1 aromatic heterocycles. The lowest BCUT2D eigenvalue weighted by molar-refractivity contribution is 0.0613. The Morgan fingerprint density at radius 1 is 1.30 bits per heavy atom. The fourth-order valence-corrected chi connectivity index (χ4v) is 3.00. The van der Waals surface area contributed by atoms with Crippen LogP contribution in [-0.4, -0.2) is 24.3 Å². The Kier molecular flexibility index (Phi) is 6.61. The van der Waals surface area contributed by atoms with Crippen LogP contribution in [-0.2, 0) is 11.3 Å². The van der Waals surface area contributed by atoms with Gasteiger partial charge >= 0.3 is 0 Å². The van der Waals surface area contributed by atoms with Crippen molar-refractivity contribution >= 4 is 0 Å². The molecular formula is C17H30N2O. The molecule has 114 valence electrons. The van der Waals surface area contributed by atoms with Gasteiger partial charge in [-0.25, -0.2) is 0 Å². The Morgan fingerprint density at radius 2 is 2.10 bits per heavy atom. The standard InChI is InChI=1S/C17H30N2O/c1-3-5-17(18-9-4-2)16-6-10-19(14-16)13-15-7-11-20-12-8-15/h6,10,14-15,17-18H,3-5,7-9,11-13H2,1-2H3. The van der Waals surface area contributed by atoms with Gasteiger partial charge in [-0.3, -0.25) is 0 Å². The van der Waals surface area contributed by atoms with Crippen molar-refractivity contribution < 1.29 is 4.74 Å². The summed E-state index contributed by atoms with van der Waals surface area (Å²) in [5, 5.41) is 3.67. The van der Waals surface area contributed by atoms with Crippen LogP contribution in [0, 0.1) is 5.92 Å². The van der Waals surface area contributed by atoms with Crippen molar-refractivity contribution in [2.45, 2.75) is 58.5 Å². The molecule has 0 amide bonds. The second-order valence-electron chi connectivity index (χ2n) is 5.99. The first-order valence-corrected chi connectivity index (χ1v) is 8.30. The molecule has 3 heteroatoms. The van der Waals surface area contributed by atoms with Crippen LogP contribution in [0.4, 0.5) is 0 Å². The van der Waals surface area contributed by atoms with Gasteiger partial charge in [-0.2, -0.15) is 0 Å². The van der Waals surface area contributed by atoms with Gasteiger partial charge in [-0.05, 0) is 49.8 Å². The lowest BCUT2D eigenvalue weighted by Crippen LogP contribution is -2.22. The third kappa shape index (κ3) is 4.64. The van der Waals surface area contributed by atoms with E-state index in [2.05, 4.69) is 42.2 Å². The second kappa shape index (κ2) is 8.48. The minimum Gasteiger partial charge on any atom is -0.381 e. The largest absolute Gasteiger partial charge is 0.381 e. The fraction of sp³-hybridized carbons (Fsp3) is 0.765. The zero-order valence-electron chi connectivity index (χ0n) is 13.1. The summed E-state index contributed by atoms with van der Waals surface area (Å²) in [5.41, 5.74) is 1.45. The number of rotatable bonds is 8. The van der Waals surface area contributed by atoms with E-state index in [0.29, 0.717) is 6.04 Å². The Hall–Kier alpha value is -0.800. The highest BCUT2D eigenvalue weighted by Gasteiger charge is 2.15. The minimum atomic E-state index is 0.524. The van der Waals surface area contributed by atoms with Crippen molar-refractivity contribution in [1.29, 1.82) is 0 Å². The van der Waals surface area contributed by atoms with Crippen LogP contribution in [0.1, 0.15) is 57.6 Å². The first-order valence-electron chi connectivity index (χ1n) is 8.30.